The topological polar surface area (TPSA) is 86.5 Å². The number of rotatable bonds is 4. The van der Waals surface area contributed by atoms with Crippen LogP contribution >= 0.6 is 0 Å². The van der Waals surface area contributed by atoms with Gasteiger partial charge in [0.25, 0.3) is 5.69 Å². The number of nitro groups is 1. The minimum Gasteiger partial charge on any atom is -0.488 e. The molecular weight excluding hydrogens is 346 g/mol. The van der Waals surface area contributed by atoms with E-state index in [9.17, 15) is 19.7 Å². The van der Waals surface area contributed by atoms with Gasteiger partial charge in [0, 0.05) is 17.2 Å². The Kier molecular flexibility index (Phi) is 4.01. The van der Waals surface area contributed by atoms with E-state index in [-0.39, 0.29) is 40.3 Å². The van der Waals surface area contributed by atoms with E-state index in [1.165, 1.54) is 24.3 Å². The Morgan fingerprint density at radius 1 is 0.778 bits per heavy atom. The summed E-state index contributed by atoms with van der Waals surface area (Å²) in [6.07, 6.45) is 0. The zero-order valence-corrected chi connectivity index (χ0v) is 14.0. The highest BCUT2D eigenvalue weighted by Crippen LogP contribution is 2.37. The maximum absolute atomic E-state index is 13.0. The van der Waals surface area contributed by atoms with Crippen LogP contribution in [0.4, 0.5) is 5.69 Å². The molecule has 4 rings (SSSR count). The summed E-state index contributed by atoms with van der Waals surface area (Å²) < 4.78 is 5.80. The molecule has 0 fully saturated rings. The van der Waals surface area contributed by atoms with E-state index in [0.29, 0.717) is 0 Å². The third kappa shape index (κ3) is 2.77. The highest BCUT2D eigenvalue weighted by molar-refractivity contribution is 6.30. The van der Waals surface area contributed by atoms with Crippen molar-refractivity contribution in [1.82, 2.24) is 0 Å². The van der Waals surface area contributed by atoms with E-state index >= 15 is 0 Å². The van der Waals surface area contributed by atoms with Crippen LogP contribution in [0.1, 0.15) is 37.4 Å². The Balaban J connectivity index is 1.78. The third-order valence-corrected chi connectivity index (χ3v) is 4.45. The minimum absolute atomic E-state index is 0.0254. The number of benzene rings is 3. The summed E-state index contributed by atoms with van der Waals surface area (Å²) in [5, 5.41) is 11.3. The number of nitro benzene ring substituents is 1. The van der Waals surface area contributed by atoms with E-state index in [4.69, 9.17) is 4.74 Å². The van der Waals surface area contributed by atoms with Crippen molar-refractivity contribution in [2.75, 3.05) is 0 Å². The second-order valence-corrected chi connectivity index (χ2v) is 6.07. The average molecular weight is 359 g/mol. The summed E-state index contributed by atoms with van der Waals surface area (Å²) in [7, 11) is 0. The number of ketones is 2. The summed E-state index contributed by atoms with van der Waals surface area (Å²) in [6, 6.07) is 18.2. The van der Waals surface area contributed by atoms with Crippen molar-refractivity contribution in [3.05, 3.63) is 105 Å². The number of hydrogen-bond acceptors (Lipinski definition) is 5. The van der Waals surface area contributed by atoms with Gasteiger partial charge in [0.1, 0.15) is 17.9 Å². The molecule has 6 heteroatoms. The molecule has 0 radical (unpaired) electrons. The molecule has 0 saturated carbocycles. The van der Waals surface area contributed by atoms with Crippen molar-refractivity contribution in [3.8, 4) is 5.75 Å². The second kappa shape index (κ2) is 6.49. The first kappa shape index (κ1) is 16.7. The molecule has 0 atom stereocenters. The van der Waals surface area contributed by atoms with Gasteiger partial charge in [0.05, 0.1) is 10.5 Å². The zero-order valence-electron chi connectivity index (χ0n) is 14.0. The number of carbonyl (C=O) groups is 2. The molecule has 27 heavy (non-hydrogen) atoms. The monoisotopic (exact) mass is 359 g/mol. The van der Waals surface area contributed by atoms with Crippen molar-refractivity contribution in [2.45, 2.75) is 6.61 Å². The molecule has 0 aliphatic heterocycles. The SMILES string of the molecule is O=C1c2cccc([N+](=O)[O-])c2C(=O)c2cccc(OCc3ccccc3)c21. The van der Waals surface area contributed by atoms with Gasteiger partial charge in [-0.25, -0.2) is 0 Å². The molecule has 0 bridgehead atoms. The number of carbonyl (C=O) groups excluding carboxylic acids is 2. The first-order valence-electron chi connectivity index (χ1n) is 8.24. The van der Waals surface area contributed by atoms with Crippen molar-refractivity contribution >= 4 is 17.3 Å². The Morgan fingerprint density at radius 3 is 2.11 bits per heavy atom. The molecule has 3 aromatic carbocycles. The lowest BCUT2D eigenvalue weighted by molar-refractivity contribution is -0.385. The standard InChI is InChI=1S/C21H13NO5/c23-20-15-9-5-11-17(27-12-13-6-2-1-3-7-13)19(15)21(24)14-8-4-10-16(18(14)20)22(25)26/h1-11H,12H2. The van der Waals surface area contributed by atoms with Crippen LogP contribution in [0.25, 0.3) is 0 Å². The molecule has 0 saturated heterocycles. The molecule has 1 aliphatic carbocycles. The van der Waals surface area contributed by atoms with Gasteiger partial charge in [-0.15, -0.1) is 0 Å². The van der Waals surface area contributed by atoms with Crippen LogP contribution in [-0.4, -0.2) is 16.5 Å². The highest BCUT2D eigenvalue weighted by atomic mass is 16.6. The van der Waals surface area contributed by atoms with Gasteiger partial charge in [-0.3, -0.25) is 19.7 Å². The molecule has 0 heterocycles. The Morgan fingerprint density at radius 2 is 1.41 bits per heavy atom. The molecule has 0 spiro atoms. The lowest BCUT2D eigenvalue weighted by atomic mass is 9.83. The minimum atomic E-state index is -0.648. The fourth-order valence-electron chi connectivity index (χ4n) is 3.20. The maximum Gasteiger partial charge on any atom is 0.281 e. The second-order valence-electron chi connectivity index (χ2n) is 6.07. The first-order chi connectivity index (χ1) is 13.1. The highest BCUT2D eigenvalue weighted by Gasteiger charge is 2.37. The van der Waals surface area contributed by atoms with Gasteiger partial charge in [-0.2, -0.15) is 0 Å². The van der Waals surface area contributed by atoms with Gasteiger partial charge < -0.3 is 4.74 Å². The van der Waals surface area contributed by atoms with Crippen molar-refractivity contribution < 1.29 is 19.2 Å². The van der Waals surface area contributed by atoms with Crippen LogP contribution in [0.15, 0.2) is 66.7 Å². The number of fused-ring (bicyclic) bond motifs is 2. The van der Waals surface area contributed by atoms with E-state index in [1.54, 1.807) is 12.1 Å². The fraction of sp³-hybridized carbons (Fsp3) is 0.0476. The molecule has 132 valence electrons. The van der Waals surface area contributed by atoms with E-state index in [1.807, 2.05) is 30.3 Å². The quantitative estimate of drug-likeness (QED) is 0.407. The third-order valence-electron chi connectivity index (χ3n) is 4.45. The molecular formula is C21H13NO5. The van der Waals surface area contributed by atoms with Crippen LogP contribution in [0.5, 0.6) is 5.75 Å². The molecule has 0 unspecified atom stereocenters. The number of nitrogens with zero attached hydrogens (tertiary/aromatic N) is 1. The Labute approximate surface area is 154 Å². The van der Waals surface area contributed by atoms with E-state index in [0.717, 1.165) is 5.56 Å². The molecule has 3 aromatic rings. The number of hydrogen-bond donors (Lipinski definition) is 0. The Hall–Kier alpha value is -3.80. The van der Waals surface area contributed by atoms with E-state index < -0.39 is 16.5 Å². The molecule has 6 nitrogen and oxygen atoms in total. The maximum atomic E-state index is 13.0. The normalized spacial score (nSPS) is 12.3. The predicted molar refractivity (Wildman–Crippen MR) is 97.2 cm³/mol. The van der Waals surface area contributed by atoms with Crippen LogP contribution in [0.2, 0.25) is 0 Å². The van der Waals surface area contributed by atoms with Crippen molar-refractivity contribution in [1.29, 1.82) is 0 Å². The summed E-state index contributed by atoms with van der Waals surface area (Å²) in [5.74, 6) is -0.712. The summed E-state index contributed by atoms with van der Waals surface area (Å²) >= 11 is 0. The Bertz CT molecular complexity index is 1090. The van der Waals surface area contributed by atoms with Crippen LogP contribution in [-0.2, 0) is 6.61 Å². The van der Waals surface area contributed by atoms with Gasteiger partial charge >= 0.3 is 0 Å². The predicted octanol–water partition coefficient (Wildman–Crippen LogP) is 3.95. The van der Waals surface area contributed by atoms with Gasteiger partial charge in [0.15, 0.2) is 5.78 Å². The fourth-order valence-corrected chi connectivity index (χ4v) is 3.20. The lowest BCUT2D eigenvalue weighted by Crippen LogP contribution is -2.23. The van der Waals surface area contributed by atoms with E-state index in [2.05, 4.69) is 0 Å². The molecule has 1 aliphatic rings. The first-order valence-corrected chi connectivity index (χ1v) is 8.24. The van der Waals surface area contributed by atoms with Gasteiger partial charge in [-0.05, 0) is 17.7 Å². The lowest BCUT2D eigenvalue weighted by Gasteiger charge is -2.20. The molecule has 0 amide bonds. The number of ether oxygens (including phenoxy) is 1. The largest absolute Gasteiger partial charge is 0.488 e. The van der Waals surface area contributed by atoms with Gasteiger partial charge in [0.2, 0.25) is 5.78 Å². The summed E-state index contributed by atoms with van der Waals surface area (Å²) in [5.41, 5.74) is 0.671. The smallest absolute Gasteiger partial charge is 0.281 e. The zero-order chi connectivity index (χ0) is 19.0. The van der Waals surface area contributed by atoms with Gasteiger partial charge in [-0.1, -0.05) is 48.5 Å². The average Bonchev–Trinajstić information content (AvgIpc) is 2.70. The van der Waals surface area contributed by atoms with Crippen LogP contribution < -0.4 is 4.74 Å². The van der Waals surface area contributed by atoms with Crippen molar-refractivity contribution in [2.24, 2.45) is 0 Å². The van der Waals surface area contributed by atoms with Crippen LogP contribution in [0, 0.1) is 10.1 Å². The van der Waals surface area contributed by atoms with Crippen LogP contribution in [0.3, 0.4) is 0 Å². The summed E-state index contributed by atoms with van der Waals surface area (Å²) in [6.45, 7) is 0.237. The summed E-state index contributed by atoms with van der Waals surface area (Å²) in [4.78, 5) is 36.5. The molecule has 0 N–H and O–H groups in total. The van der Waals surface area contributed by atoms with Crippen molar-refractivity contribution in [3.63, 3.8) is 0 Å². The molecule has 0 aromatic heterocycles.